The van der Waals surface area contributed by atoms with E-state index in [1.54, 1.807) is 37.3 Å². The van der Waals surface area contributed by atoms with E-state index in [2.05, 4.69) is 0 Å². The summed E-state index contributed by atoms with van der Waals surface area (Å²) < 4.78 is 31.5. The van der Waals surface area contributed by atoms with Crippen LogP contribution in [0.25, 0.3) is 0 Å². The van der Waals surface area contributed by atoms with Gasteiger partial charge in [0.2, 0.25) is 15.9 Å². The van der Waals surface area contributed by atoms with Crippen LogP contribution in [0.3, 0.4) is 0 Å². The lowest BCUT2D eigenvalue weighted by Crippen LogP contribution is -2.46. The molecule has 1 heterocycles. The number of methoxy groups -OCH3 is 1. The van der Waals surface area contributed by atoms with E-state index in [4.69, 9.17) is 16.3 Å². The van der Waals surface area contributed by atoms with Crippen LogP contribution in [-0.2, 0) is 21.4 Å². The standard InChI is InChI=1S/C17H25ClN2O4S/c1-4-10-25(22,23)20-9-5-6-15(20)17(21)19(2)12-13-11-14(18)7-8-16(13)24-3/h7-8,11,15H,4-6,9-10,12H2,1-3H3. The van der Waals surface area contributed by atoms with Gasteiger partial charge in [-0.25, -0.2) is 8.42 Å². The smallest absolute Gasteiger partial charge is 0.241 e. The molecule has 1 aromatic carbocycles. The van der Waals surface area contributed by atoms with Gasteiger partial charge in [0.15, 0.2) is 0 Å². The second-order valence-electron chi connectivity index (χ2n) is 6.24. The molecule has 25 heavy (non-hydrogen) atoms. The van der Waals surface area contributed by atoms with Crippen molar-refractivity contribution in [3.63, 3.8) is 0 Å². The largest absolute Gasteiger partial charge is 0.496 e. The van der Waals surface area contributed by atoms with Gasteiger partial charge < -0.3 is 9.64 Å². The molecule has 0 bridgehead atoms. The maximum atomic E-state index is 12.8. The number of nitrogens with zero attached hydrogens (tertiary/aromatic N) is 2. The Morgan fingerprint density at radius 2 is 2.16 bits per heavy atom. The molecule has 0 N–H and O–H groups in total. The molecule has 6 nitrogen and oxygen atoms in total. The molecular weight excluding hydrogens is 364 g/mol. The van der Waals surface area contributed by atoms with Crippen LogP contribution in [-0.4, -0.2) is 56.0 Å². The average Bonchev–Trinajstić information content (AvgIpc) is 3.04. The van der Waals surface area contributed by atoms with E-state index in [-0.39, 0.29) is 11.7 Å². The molecule has 1 unspecified atom stereocenters. The summed E-state index contributed by atoms with van der Waals surface area (Å²) in [6, 6.07) is 4.61. The highest BCUT2D eigenvalue weighted by Crippen LogP contribution is 2.26. The van der Waals surface area contributed by atoms with Crippen molar-refractivity contribution in [2.75, 3.05) is 26.5 Å². The number of likely N-dealkylation sites (N-methyl/N-ethyl adjacent to an activating group) is 1. The normalized spacial score (nSPS) is 18.3. The SMILES string of the molecule is CCCS(=O)(=O)N1CCCC1C(=O)N(C)Cc1cc(Cl)ccc1OC. The van der Waals surface area contributed by atoms with Crippen LogP contribution in [0.1, 0.15) is 31.7 Å². The van der Waals surface area contributed by atoms with Crippen LogP contribution in [0.5, 0.6) is 5.75 Å². The molecule has 0 aliphatic carbocycles. The van der Waals surface area contributed by atoms with E-state index in [0.717, 1.165) is 5.56 Å². The number of carbonyl (C=O) groups excluding carboxylic acids is 1. The van der Waals surface area contributed by atoms with E-state index < -0.39 is 16.1 Å². The third kappa shape index (κ3) is 4.65. The van der Waals surface area contributed by atoms with Crippen molar-refractivity contribution < 1.29 is 17.9 Å². The van der Waals surface area contributed by atoms with Crippen molar-refractivity contribution in [2.45, 2.75) is 38.8 Å². The Kier molecular flexibility index (Phi) is 6.71. The lowest BCUT2D eigenvalue weighted by molar-refractivity contribution is -0.133. The predicted octanol–water partition coefficient (Wildman–Crippen LogP) is 2.51. The summed E-state index contributed by atoms with van der Waals surface area (Å²) in [5, 5.41) is 0.560. The zero-order chi connectivity index (χ0) is 18.6. The second kappa shape index (κ2) is 8.38. The fraction of sp³-hybridized carbons (Fsp3) is 0.588. The Hall–Kier alpha value is -1.31. The second-order valence-corrected chi connectivity index (χ2v) is 8.71. The molecule has 0 spiro atoms. The summed E-state index contributed by atoms with van der Waals surface area (Å²) in [7, 11) is -0.158. The molecule has 0 saturated carbocycles. The number of hydrogen-bond donors (Lipinski definition) is 0. The lowest BCUT2D eigenvalue weighted by Gasteiger charge is -2.27. The van der Waals surface area contributed by atoms with Crippen LogP contribution < -0.4 is 4.74 Å². The minimum absolute atomic E-state index is 0.0720. The molecule has 0 radical (unpaired) electrons. The minimum Gasteiger partial charge on any atom is -0.496 e. The third-order valence-corrected chi connectivity index (χ3v) is 6.65. The number of sulfonamides is 1. The van der Waals surface area contributed by atoms with Crippen LogP contribution in [0.2, 0.25) is 5.02 Å². The number of ether oxygens (including phenoxy) is 1. The summed E-state index contributed by atoms with van der Waals surface area (Å²) in [6.07, 6.45) is 1.79. The van der Waals surface area contributed by atoms with E-state index in [1.807, 2.05) is 6.92 Å². The average molecular weight is 389 g/mol. The lowest BCUT2D eigenvalue weighted by atomic mass is 10.1. The summed E-state index contributed by atoms with van der Waals surface area (Å²) in [6.45, 7) is 2.54. The van der Waals surface area contributed by atoms with Crippen molar-refractivity contribution >= 4 is 27.5 Å². The van der Waals surface area contributed by atoms with Gasteiger partial charge >= 0.3 is 0 Å². The molecule has 2 rings (SSSR count). The first-order valence-corrected chi connectivity index (χ1v) is 10.4. The van der Waals surface area contributed by atoms with Gasteiger partial charge in [-0.1, -0.05) is 18.5 Å². The summed E-state index contributed by atoms with van der Waals surface area (Å²) in [4.78, 5) is 14.4. The minimum atomic E-state index is -3.39. The Morgan fingerprint density at radius 1 is 1.44 bits per heavy atom. The number of hydrogen-bond acceptors (Lipinski definition) is 4. The summed E-state index contributed by atoms with van der Waals surface area (Å²) in [5.74, 6) is 0.521. The fourth-order valence-corrected chi connectivity index (χ4v) is 5.09. The van der Waals surface area contributed by atoms with E-state index >= 15 is 0 Å². The zero-order valence-electron chi connectivity index (χ0n) is 14.9. The van der Waals surface area contributed by atoms with E-state index in [0.29, 0.717) is 43.1 Å². The number of halogens is 1. The van der Waals surface area contributed by atoms with Gasteiger partial charge in [-0.15, -0.1) is 0 Å². The highest BCUT2D eigenvalue weighted by atomic mass is 35.5. The van der Waals surface area contributed by atoms with Crippen LogP contribution in [0.15, 0.2) is 18.2 Å². The van der Waals surface area contributed by atoms with Gasteiger partial charge in [0.1, 0.15) is 11.8 Å². The number of benzene rings is 1. The van der Waals surface area contributed by atoms with Gasteiger partial charge in [-0.3, -0.25) is 4.79 Å². The highest BCUT2D eigenvalue weighted by molar-refractivity contribution is 7.89. The molecule has 1 atom stereocenters. The number of amides is 1. The fourth-order valence-electron chi connectivity index (χ4n) is 3.15. The molecule has 1 fully saturated rings. The van der Waals surface area contributed by atoms with Crippen molar-refractivity contribution in [1.82, 2.24) is 9.21 Å². The van der Waals surface area contributed by atoms with E-state index in [9.17, 15) is 13.2 Å². The van der Waals surface area contributed by atoms with Crippen LogP contribution >= 0.6 is 11.6 Å². The van der Waals surface area contributed by atoms with Crippen LogP contribution in [0, 0.1) is 0 Å². The Labute approximate surface area is 154 Å². The topological polar surface area (TPSA) is 66.9 Å². The molecule has 1 aliphatic rings. The molecule has 1 amide bonds. The Morgan fingerprint density at radius 3 is 2.80 bits per heavy atom. The zero-order valence-corrected chi connectivity index (χ0v) is 16.4. The van der Waals surface area contributed by atoms with Gasteiger partial charge in [0, 0.05) is 30.7 Å². The Balaban J connectivity index is 2.15. The summed E-state index contributed by atoms with van der Waals surface area (Å²) in [5.41, 5.74) is 0.784. The molecule has 140 valence electrons. The quantitative estimate of drug-likeness (QED) is 0.719. The maximum absolute atomic E-state index is 12.8. The first-order valence-electron chi connectivity index (χ1n) is 8.37. The van der Waals surface area contributed by atoms with Crippen LogP contribution in [0.4, 0.5) is 0 Å². The molecule has 1 aromatic rings. The van der Waals surface area contributed by atoms with Gasteiger partial charge in [-0.2, -0.15) is 4.31 Å². The van der Waals surface area contributed by atoms with Gasteiger partial charge in [-0.05, 0) is 37.5 Å². The van der Waals surface area contributed by atoms with Gasteiger partial charge in [0.05, 0.1) is 12.9 Å². The number of rotatable bonds is 7. The molecule has 8 heteroatoms. The third-order valence-electron chi connectivity index (χ3n) is 4.33. The first-order chi connectivity index (χ1) is 11.8. The van der Waals surface area contributed by atoms with Gasteiger partial charge in [0.25, 0.3) is 0 Å². The molecule has 1 saturated heterocycles. The Bertz CT molecular complexity index is 723. The molecule has 1 aliphatic heterocycles. The number of carbonyl (C=O) groups is 1. The van der Waals surface area contributed by atoms with Crippen molar-refractivity contribution in [3.05, 3.63) is 28.8 Å². The summed E-state index contributed by atoms with van der Waals surface area (Å²) >= 11 is 6.04. The van der Waals surface area contributed by atoms with Crippen molar-refractivity contribution in [1.29, 1.82) is 0 Å². The highest BCUT2D eigenvalue weighted by Gasteiger charge is 2.39. The van der Waals surface area contributed by atoms with Crippen molar-refractivity contribution in [3.8, 4) is 5.75 Å². The van der Waals surface area contributed by atoms with Crippen molar-refractivity contribution in [2.24, 2.45) is 0 Å². The molecule has 0 aromatic heterocycles. The maximum Gasteiger partial charge on any atom is 0.241 e. The first kappa shape index (κ1) is 20.0. The predicted molar refractivity (Wildman–Crippen MR) is 98.3 cm³/mol. The van der Waals surface area contributed by atoms with E-state index in [1.165, 1.54) is 4.31 Å². The monoisotopic (exact) mass is 388 g/mol. The molecular formula is C17H25ClN2O4S.